The molecular formula is C26H35N5. The number of allylic oxidation sites excluding steroid dienone is 1. The summed E-state index contributed by atoms with van der Waals surface area (Å²) in [4.78, 5) is 8.47. The first-order chi connectivity index (χ1) is 14.9. The second-order valence-corrected chi connectivity index (χ2v) is 7.48. The highest BCUT2D eigenvalue weighted by Crippen LogP contribution is 2.14. The number of aryl methyl sites for hydroxylation is 3. The van der Waals surface area contributed by atoms with E-state index in [9.17, 15) is 0 Å². The van der Waals surface area contributed by atoms with E-state index in [1.54, 1.807) is 10.9 Å². The molecule has 0 aliphatic heterocycles. The van der Waals surface area contributed by atoms with Gasteiger partial charge in [-0.1, -0.05) is 87.0 Å². The monoisotopic (exact) mass is 417 g/mol. The average Bonchev–Trinajstić information content (AvgIpc) is 3.17. The second kappa shape index (κ2) is 11.7. The van der Waals surface area contributed by atoms with Gasteiger partial charge in [0.2, 0.25) is 0 Å². The van der Waals surface area contributed by atoms with Gasteiger partial charge in [0, 0.05) is 1.43 Å². The van der Waals surface area contributed by atoms with Crippen molar-refractivity contribution in [3.05, 3.63) is 83.3 Å². The molecule has 0 bridgehead atoms. The molecule has 164 valence electrons. The van der Waals surface area contributed by atoms with Gasteiger partial charge in [0.1, 0.15) is 5.82 Å². The van der Waals surface area contributed by atoms with Crippen LogP contribution in [-0.2, 0) is 0 Å². The first kappa shape index (κ1) is 23.9. The number of benzene rings is 2. The van der Waals surface area contributed by atoms with Crippen LogP contribution >= 0.6 is 0 Å². The molecule has 0 saturated heterocycles. The lowest BCUT2D eigenvalue weighted by atomic mass is 10.1. The molecule has 31 heavy (non-hydrogen) atoms. The molecule has 2 aromatic heterocycles. The molecule has 4 rings (SSSR count). The van der Waals surface area contributed by atoms with Crippen LogP contribution in [0.3, 0.4) is 0 Å². The van der Waals surface area contributed by atoms with Gasteiger partial charge in [0.15, 0.2) is 11.2 Å². The molecule has 0 aliphatic rings. The Labute approximate surface area is 187 Å². The molecule has 2 aromatic carbocycles. The zero-order valence-corrected chi connectivity index (χ0v) is 19.7. The summed E-state index contributed by atoms with van der Waals surface area (Å²) >= 11 is 0. The molecule has 0 spiro atoms. The number of rotatable bonds is 3. The maximum atomic E-state index is 4.37. The number of fused-ring (bicyclic) bond motifs is 1. The van der Waals surface area contributed by atoms with E-state index in [2.05, 4.69) is 77.5 Å². The lowest BCUT2D eigenvalue weighted by molar-refractivity contribution is 0.815. The number of aromatic nitrogens is 5. The zero-order chi connectivity index (χ0) is 22.8. The number of nitrogens with zero attached hydrogens (tertiary/aromatic N) is 5. The summed E-state index contributed by atoms with van der Waals surface area (Å²) in [7, 11) is 0. The van der Waals surface area contributed by atoms with E-state index >= 15 is 0 Å². The number of hydrogen-bond acceptors (Lipinski definition) is 4. The third-order valence-electron chi connectivity index (χ3n) is 4.27. The van der Waals surface area contributed by atoms with Gasteiger partial charge in [-0.3, -0.25) is 0 Å². The Morgan fingerprint density at radius 1 is 0.935 bits per heavy atom. The van der Waals surface area contributed by atoms with Crippen molar-refractivity contribution in [2.75, 3.05) is 0 Å². The predicted molar refractivity (Wildman–Crippen MR) is 132 cm³/mol. The Bertz CT molecular complexity index is 1130. The van der Waals surface area contributed by atoms with E-state index < -0.39 is 0 Å². The van der Waals surface area contributed by atoms with Crippen LogP contribution in [0, 0.1) is 26.7 Å². The van der Waals surface area contributed by atoms with Crippen molar-refractivity contribution in [2.45, 2.75) is 48.5 Å². The SMILES string of the molecule is CC.Cc1cccc(-n2nnc3cnc(C)nc32)c1.Cc1cccc(/C=C\C(C)C)c1.[HH]. The van der Waals surface area contributed by atoms with Crippen molar-refractivity contribution in [3.8, 4) is 5.69 Å². The van der Waals surface area contributed by atoms with Crippen molar-refractivity contribution in [1.29, 1.82) is 0 Å². The summed E-state index contributed by atoms with van der Waals surface area (Å²) < 4.78 is 1.73. The minimum absolute atomic E-state index is 0. The van der Waals surface area contributed by atoms with E-state index in [-0.39, 0.29) is 1.43 Å². The van der Waals surface area contributed by atoms with Crippen molar-refractivity contribution < 1.29 is 1.43 Å². The maximum Gasteiger partial charge on any atom is 0.187 e. The molecule has 0 aliphatic carbocycles. The largest absolute Gasteiger partial charge is 0.239 e. The maximum absolute atomic E-state index is 4.37. The topological polar surface area (TPSA) is 56.5 Å². The molecule has 0 radical (unpaired) electrons. The quantitative estimate of drug-likeness (QED) is 0.369. The van der Waals surface area contributed by atoms with Crippen LogP contribution < -0.4 is 0 Å². The Morgan fingerprint density at radius 3 is 2.26 bits per heavy atom. The van der Waals surface area contributed by atoms with Crippen LogP contribution in [-0.4, -0.2) is 25.0 Å². The first-order valence-electron chi connectivity index (χ1n) is 10.8. The Morgan fingerprint density at radius 2 is 1.61 bits per heavy atom. The molecular weight excluding hydrogens is 382 g/mol. The van der Waals surface area contributed by atoms with Crippen LogP contribution in [0.4, 0.5) is 0 Å². The Kier molecular flexibility index (Phi) is 9.07. The van der Waals surface area contributed by atoms with E-state index in [1.165, 1.54) is 16.7 Å². The van der Waals surface area contributed by atoms with Crippen molar-refractivity contribution in [2.24, 2.45) is 5.92 Å². The zero-order valence-electron chi connectivity index (χ0n) is 19.7. The van der Waals surface area contributed by atoms with Crippen molar-refractivity contribution >= 4 is 17.2 Å². The van der Waals surface area contributed by atoms with Gasteiger partial charge < -0.3 is 0 Å². The Hall–Kier alpha value is -3.34. The minimum Gasteiger partial charge on any atom is -0.239 e. The summed E-state index contributed by atoms with van der Waals surface area (Å²) in [6.07, 6.45) is 6.09. The van der Waals surface area contributed by atoms with Gasteiger partial charge in [0.25, 0.3) is 0 Å². The average molecular weight is 418 g/mol. The first-order valence-corrected chi connectivity index (χ1v) is 10.8. The summed E-state index contributed by atoms with van der Waals surface area (Å²) in [6, 6.07) is 16.6. The van der Waals surface area contributed by atoms with Crippen LogP contribution in [0.15, 0.2) is 60.8 Å². The molecule has 0 N–H and O–H groups in total. The van der Waals surface area contributed by atoms with E-state index in [0.29, 0.717) is 17.3 Å². The van der Waals surface area contributed by atoms with Crippen LogP contribution in [0.5, 0.6) is 0 Å². The standard InChI is InChI=1S/C12H11N5.C12H16.C2H6.H2/c1-8-4-3-5-10(6-8)17-12-11(15-16-17)7-13-9(2)14-12;1-10(2)7-8-12-6-4-5-11(3)9-12;1-2;/h3-7H,1-2H3;4-10H,1-3H3;1-2H3;1H/b;8-7-;;. The van der Waals surface area contributed by atoms with Gasteiger partial charge in [0.05, 0.1) is 11.9 Å². The van der Waals surface area contributed by atoms with E-state index in [1.807, 2.05) is 52.0 Å². The molecule has 4 aromatic rings. The molecule has 5 nitrogen and oxygen atoms in total. The summed E-state index contributed by atoms with van der Waals surface area (Å²) in [6.45, 7) is 14.4. The fraction of sp³-hybridized carbons (Fsp3) is 0.308. The van der Waals surface area contributed by atoms with Gasteiger partial charge in [-0.25, -0.2) is 9.97 Å². The highest BCUT2D eigenvalue weighted by Gasteiger charge is 2.08. The fourth-order valence-corrected chi connectivity index (χ4v) is 2.82. The molecule has 0 saturated carbocycles. The van der Waals surface area contributed by atoms with Gasteiger partial charge in [-0.05, 0) is 49.9 Å². The molecule has 2 heterocycles. The molecule has 0 unspecified atom stereocenters. The van der Waals surface area contributed by atoms with Crippen molar-refractivity contribution in [3.63, 3.8) is 0 Å². The van der Waals surface area contributed by atoms with E-state index in [4.69, 9.17) is 0 Å². The highest BCUT2D eigenvalue weighted by atomic mass is 15.4. The van der Waals surface area contributed by atoms with E-state index in [0.717, 1.165) is 11.3 Å². The third-order valence-corrected chi connectivity index (χ3v) is 4.27. The van der Waals surface area contributed by atoms with Crippen LogP contribution in [0.1, 0.15) is 51.6 Å². The summed E-state index contributed by atoms with van der Waals surface area (Å²) in [5, 5.41) is 8.17. The normalized spacial score (nSPS) is 10.6. The van der Waals surface area contributed by atoms with Crippen molar-refractivity contribution in [1.82, 2.24) is 25.0 Å². The summed E-state index contributed by atoms with van der Waals surface area (Å²) in [5.41, 5.74) is 6.20. The molecule has 0 amide bonds. The number of hydrogen-bond donors (Lipinski definition) is 0. The lowest BCUT2D eigenvalue weighted by Crippen LogP contribution is -1.99. The fourth-order valence-electron chi connectivity index (χ4n) is 2.82. The molecule has 0 atom stereocenters. The third kappa shape index (κ3) is 7.14. The highest BCUT2D eigenvalue weighted by molar-refractivity contribution is 5.70. The summed E-state index contributed by atoms with van der Waals surface area (Å²) in [5.74, 6) is 1.35. The van der Waals surface area contributed by atoms with Gasteiger partial charge in [-0.2, -0.15) is 4.68 Å². The van der Waals surface area contributed by atoms with Gasteiger partial charge >= 0.3 is 0 Å². The lowest BCUT2D eigenvalue weighted by Gasteiger charge is -2.02. The molecule has 0 fully saturated rings. The van der Waals surface area contributed by atoms with Crippen LogP contribution in [0.25, 0.3) is 22.9 Å². The predicted octanol–water partition coefficient (Wildman–Crippen LogP) is 6.76. The smallest absolute Gasteiger partial charge is 0.187 e. The second-order valence-electron chi connectivity index (χ2n) is 7.48. The molecule has 5 heteroatoms. The van der Waals surface area contributed by atoms with Crippen LogP contribution in [0.2, 0.25) is 0 Å². The Balaban J connectivity index is 0.000000304. The minimum atomic E-state index is 0. The van der Waals surface area contributed by atoms with Gasteiger partial charge in [-0.15, -0.1) is 5.10 Å².